The molecule has 2 aromatic heterocycles. The summed E-state index contributed by atoms with van der Waals surface area (Å²) < 4.78 is 9.53. The van der Waals surface area contributed by atoms with Crippen molar-refractivity contribution >= 4 is 23.3 Å². The van der Waals surface area contributed by atoms with Crippen molar-refractivity contribution in [2.24, 2.45) is 0 Å². The summed E-state index contributed by atoms with van der Waals surface area (Å²) in [5.74, 6) is 1.48. The molecule has 4 rings (SSSR count). The molecule has 9 heteroatoms. The van der Waals surface area contributed by atoms with E-state index in [9.17, 15) is 10.1 Å². The Morgan fingerprint density at radius 3 is 2.74 bits per heavy atom. The van der Waals surface area contributed by atoms with Gasteiger partial charge in [-0.3, -0.25) is 4.79 Å². The number of carbonyl (C=O) groups is 1. The summed E-state index contributed by atoms with van der Waals surface area (Å²) in [7, 11) is 0. The van der Waals surface area contributed by atoms with E-state index in [4.69, 9.17) is 4.42 Å². The van der Waals surface area contributed by atoms with Gasteiger partial charge in [-0.1, -0.05) is 4.49 Å². The van der Waals surface area contributed by atoms with Crippen LogP contribution in [0.2, 0.25) is 0 Å². The molecule has 23 heavy (non-hydrogen) atoms. The number of carbonyl (C=O) groups excluding carboxylic acids is 1. The minimum Gasteiger partial charge on any atom is -0.423 e. The standard InChI is InChI=1S/C14H14N6O2S/c15-7-10-14(22-12(16-10)9-1-2-9)20-5-3-19(4-6-20)13(21)11-8-23-18-17-11/h8-9H,1-6H2. The third kappa shape index (κ3) is 2.66. The van der Waals surface area contributed by atoms with Crippen molar-refractivity contribution in [3.63, 3.8) is 0 Å². The Bertz CT molecular complexity index is 753. The molecule has 2 aromatic rings. The van der Waals surface area contributed by atoms with Gasteiger partial charge >= 0.3 is 0 Å². The fourth-order valence-corrected chi connectivity index (χ4v) is 3.08. The second-order valence-corrected chi connectivity index (χ2v) is 6.27. The monoisotopic (exact) mass is 330 g/mol. The van der Waals surface area contributed by atoms with Crippen molar-refractivity contribution in [1.29, 1.82) is 5.26 Å². The van der Waals surface area contributed by atoms with Crippen molar-refractivity contribution in [2.75, 3.05) is 31.1 Å². The second-order valence-electron chi connectivity index (χ2n) is 5.66. The van der Waals surface area contributed by atoms with Crippen molar-refractivity contribution in [3.05, 3.63) is 22.7 Å². The third-order valence-corrected chi connectivity index (χ3v) is 4.60. The van der Waals surface area contributed by atoms with Crippen LogP contribution in [0.15, 0.2) is 9.80 Å². The van der Waals surface area contributed by atoms with Crippen LogP contribution in [-0.4, -0.2) is 51.6 Å². The number of piperazine rings is 1. The van der Waals surface area contributed by atoms with E-state index in [0.717, 1.165) is 12.8 Å². The molecule has 1 saturated carbocycles. The molecule has 0 bridgehead atoms. The Labute approximate surface area is 136 Å². The van der Waals surface area contributed by atoms with E-state index in [1.165, 1.54) is 11.5 Å². The molecule has 118 valence electrons. The lowest BCUT2D eigenvalue weighted by atomic mass is 10.3. The predicted molar refractivity (Wildman–Crippen MR) is 81.2 cm³/mol. The van der Waals surface area contributed by atoms with Gasteiger partial charge in [-0.05, 0) is 24.4 Å². The van der Waals surface area contributed by atoms with Gasteiger partial charge in [0.15, 0.2) is 5.69 Å². The van der Waals surface area contributed by atoms with Gasteiger partial charge in [0.1, 0.15) is 6.07 Å². The van der Waals surface area contributed by atoms with Crippen LogP contribution < -0.4 is 4.90 Å². The van der Waals surface area contributed by atoms with Crippen molar-refractivity contribution in [1.82, 2.24) is 19.5 Å². The van der Waals surface area contributed by atoms with Gasteiger partial charge in [0.25, 0.3) is 5.91 Å². The largest absolute Gasteiger partial charge is 0.423 e. The molecule has 1 amide bonds. The maximum Gasteiger partial charge on any atom is 0.275 e. The van der Waals surface area contributed by atoms with Crippen LogP contribution >= 0.6 is 11.5 Å². The number of nitrogens with zero attached hydrogens (tertiary/aromatic N) is 6. The van der Waals surface area contributed by atoms with Gasteiger partial charge in [-0.2, -0.15) is 5.26 Å². The highest BCUT2D eigenvalue weighted by Crippen LogP contribution is 2.41. The Balaban J connectivity index is 1.45. The lowest BCUT2D eigenvalue weighted by molar-refractivity contribution is 0.0739. The third-order valence-electron chi connectivity index (χ3n) is 4.09. The van der Waals surface area contributed by atoms with E-state index in [-0.39, 0.29) is 5.91 Å². The number of amides is 1. The highest BCUT2D eigenvalue weighted by Gasteiger charge is 2.33. The van der Waals surface area contributed by atoms with Gasteiger partial charge in [-0.25, -0.2) is 4.98 Å². The highest BCUT2D eigenvalue weighted by atomic mass is 32.1. The summed E-state index contributed by atoms with van der Waals surface area (Å²) in [6.07, 6.45) is 2.16. The van der Waals surface area contributed by atoms with Crippen molar-refractivity contribution in [3.8, 4) is 6.07 Å². The van der Waals surface area contributed by atoms with Crippen LogP contribution in [0.25, 0.3) is 0 Å². The molecule has 1 aliphatic heterocycles. The number of hydrogen-bond acceptors (Lipinski definition) is 8. The zero-order chi connectivity index (χ0) is 15.8. The molecule has 1 aliphatic carbocycles. The summed E-state index contributed by atoms with van der Waals surface area (Å²) in [5, 5.41) is 14.7. The van der Waals surface area contributed by atoms with Gasteiger partial charge in [0, 0.05) is 37.5 Å². The Morgan fingerprint density at radius 1 is 1.35 bits per heavy atom. The maximum atomic E-state index is 12.3. The smallest absolute Gasteiger partial charge is 0.275 e. The molecule has 1 saturated heterocycles. The SMILES string of the molecule is N#Cc1nc(C2CC2)oc1N1CCN(C(=O)c2csnn2)CC1. The summed E-state index contributed by atoms with van der Waals surface area (Å²) in [4.78, 5) is 20.3. The summed E-state index contributed by atoms with van der Waals surface area (Å²) in [6.45, 7) is 2.33. The van der Waals surface area contributed by atoms with E-state index >= 15 is 0 Å². The zero-order valence-corrected chi connectivity index (χ0v) is 13.1. The zero-order valence-electron chi connectivity index (χ0n) is 12.3. The number of hydrogen-bond donors (Lipinski definition) is 0. The van der Waals surface area contributed by atoms with Crippen LogP contribution in [0, 0.1) is 11.3 Å². The normalized spacial score (nSPS) is 18.0. The summed E-state index contributed by atoms with van der Waals surface area (Å²) >= 11 is 1.17. The van der Waals surface area contributed by atoms with Gasteiger partial charge in [-0.15, -0.1) is 5.10 Å². The first-order chi connectivity index (χ1) is 11.3. The van der Waals surface area contributed by atoms with Crippen molar-refractivity contribution < 1.29 is 9.21 Å². The first-order valence-corrected chi connectivity index (χ1v) is 8.32. The maximum absolute atomic E-state index is 12.3. The molecule has 0 unspecified atom stereocenters. The number of nitriles is 1. The quantitative estimate of drug-likeness (QED) is 0.834. The fourth-order valence-electron chi connectivity index (χ4n) is 2.65. The molecule has 0 radical (unpaired) electrons. The molecular formula is C14H14N6O2S. The molecule has 2 fully saturated rings. The second kappa shape index (κ2) is 5.62. The highest BCUT2D eigenvalue weighted by molar-refractivity contribution is 7.03. The lowest BCUT2D eigenvalue weighted by Crippen LogP contribution is -2.49. The van der Waals surface area contributed by atoms with Crippen LogP contribution in [0.4, 0.5) is 5.88 Å². The minimum absolute atomic E-state index is 0.102. The predicted octanol–water partition coefficient (Wildman–Crippen LogP) is 1.24. The lowest BCUT2D eigenvalue weighted by Gasteiger charge is -2.34. The average molecular weight is 330 g/mol. The molecule has 0 spiro atoms. The van der Waals surface area contributed by atoms with E-state index < -0.39 is 0 Å². The number of oxazole rings is 1. The Morgan fingerprint density at radius 2 is 2.13 bits per heavy atom. The van der Waals surface area contributed by atoms with Crippen LogP contribution in [0.1, 0.15) is 40.8 Å². The van der Waals surface area contributed by atoms with Crippen LogP contribution in [0.5, 0.6) is 0 Å². The number of anilines is 1. The number of aromatic nitrogens is 3. The summed E-state index contributed by atoms with van der Waals surface area (Å²) in [5.41, 5.74) is 0.729. The Hall–Kier alpha value is -2.47. The Kier molecular flexibility index (Phi) is 3.46. The molecule has 0 N–H and O–H groups in total. The summed E-state index contributed by atoms with van der Waals surface area (Å²) in [6, 6.07) is 2.11. The molecule has 3 heterocycles. The first kappa shape index (κ1) is 14.1. The minimum atomic E-state index is -0.102. The van der Waals surface area contributed by atoms with E-state index in [0.29, 0.717) is 55.3 Å². The fraction of sp³-hybridized carbons (Fsp3) is 0.500. The van der Waals surface area contributed by atoms with E-state index in [1.807, 2.05) is 4.90 Å². The molecule has 2 aliphatic rings. The molecule has 8 nitrogen and oxygen atoms in total. The molecule has 0 atom stereocenters. The molecular weight excluding hydrogens is 316 g/mol. The van der Waals surface area contributed by atoms with Gasteiger partial charge in [0.05, 0.1) is 0 Å². The number of rotatable bonds is 3. The van der Waals surface area contributed by atoms with Crippen LogP contribution in [-0.2, 0) is 0 Å². The van der Waals surface area contributed by atoms with E-state index in [1.54, 1.807) is 10.3 Å². The molecule has 0 aromatic carbocycles. The van der Waals surface area contributed by atoms with Crippen molar-refractivity contribution in [2.45, 2.75) is 18.8 Å². The van der Waals surface area contributed by atoms with Crippen LogP contribution in [0.3, 0.4) is 0 Å². The van der Waals surface area contributed by atoms with Gasteiger partial charge < -0.3 is 14.2 Å². The topological polar surface area (TPSA) is 99.2 Å². The van der Waals surface area contributed by atoms with Gasteiger partial charge in [0.2, 0.25) is 17.5 Å². The average Bonchev–Trinajstić information content (AvgIpc) is 3.14. The first-order valence-electron chi connectivity index (χ1n) is 7.48. The van der Waals surface area contributed by atoms with E-state index in [2.05, 4.69) is 20.6 Å².